The summed E-state index contributed by atoms with van der Waals surface area (Å²) in [4.78, 5) is 26.1. The highest BCUT2D eigenvalue weighted by Gasteiger charge is 2.23. The van der Waals surface area contributed by atoms with Gasteiger partial charge in [-0.15, -0.1) is 0 Å². The molecule has 0 amide bonds. The third-order valence-corrected chi connectivity index (χ3v) is 6.17. The van der Waals surface area contributed by atoms with Crippen LogP contribution in [0.15, 0.2) is 84.9 Å². The Morgan fingerprint density at radius 2 is 1.53 bits per heavy atom. The van der Waals surface area contributed by atoms with Crippen LogP contribution < -0.4 is 9.47 Å². The van der Waals surface area contributed by atoms with E-state index in [1.54, 1.807) is 25.1 Å². The number of carbonyl (C=O) groups is 2. The van der Waals surface area contributed by atoms with Gasteiger partial charge in [0.05, 0.1) is 24.8 Å². The molecule has 36 heavy (non-hydrogen) atoms. The summed E-state index contributed by atoms with van der Waals surface area (Å²) in [6, 6.07) is 26.4. The number of hydrogen-bond donors (Lipinski definition) is 0. The van der Waals surface area contributed by atoms with Crippen molar-refractivity contribution in [3.63, 3.8) is 0 Å². The van der Waals surface area contributed by atoms with Crippen LogP contribution in [0.1, 0.15) is 33.3 Å². The molecule has 1 heterocycles. The van der Waals surface area contributed by atoms with Gasteiger partial charge in [0.25, 0.3) is 0 Å². The minimum absolute atomic E-state index is 0.257. The van der Waals surface area contributed by atoms with Crippen molar-refractivity contribution in [3.8, 4) is 17.2 Å². The van der Waals surface area contributed by atoms with Crippen molar-refractivity contribution in [1.82, 2.24) is 4.57 Å². The number of esters is 2. The van der Waals surface area contributed by atoms with E-state index >= 15 is 0 Å². The van der Waals surface area contributed by atoms with E-state index in [0.717, 1.165) is 27.7 Å². The van der Waals surface area contributed by atoms with E-state index in [1.165, 1.54) is 7.11 Å². The fourth-order valence-electron chi connectivity index (χ4n) is 4.54. The molecule has 180 valence electrons. The number of ether oxygens (including phenoxy) is 3. The number of carbonyl (C=O) groups excluding carboxylic acids is 2. The van der Waals surface area contributed by atoms with E-state index in [1.807, 2.05) is 78.2 Å². The molecular weight excluding hydrogens is 454 g/mol. The summed E-state index contributed by atoms with van der Waals surface area (Å²) >= 11 is 0. The van der Waals surface area contributed by atoms with Gasteiger partial charge < -0.3 is 18.8 Å². The SMILES string of the molecule is CCOC(=O)c1c(C)n(-c2ccccc2)c2ccc(OC(=O)c3cc4ccccc4cc3OC)cc12. The summed E-state index contributed by atoms with van der Waals surface area (Å²) in [7, 11) is 1.52. The Morgan fingerprint density at radius 1 is 0.833 bits per heavy atom. The van der Waals surface area contributed by atoms with Crippen LogP contribution in [0.25, 0.3) is 27.4 Å². The molecule has 5 aromatic rings. The smallest absolute Gasteiger partial charge is 0.347 e. The summed E-state index contributed by atoms with van der Waals surface area (Å²) in [5, 5.41) is 2.51. The van der Waals surface area contributed by atoms with Gasteiger partial charge in [0.2, 0.25) is 0 Å². The van der Waals surface area contributed by atoms with Crippen molar-refractivity contribution in [2.45, 2.75) is 13.8 Å². The molecule has 0 aliphatic heterocycles. The molecule has 0 aliphatic carbocycles. The van der Waals surface area contributed by atoms with Gasteiger partial charge in [0.15, 0.2) is 0 Å². The van der Waals surface area contributed by atoms with Gasteiger partial charge >= 0.3 is 11.9 Å². The maximum atomic E-state index is 13.2. The summed E-state index contributed by atoms with van der Waals surface area (Å²) in [5.41, 5.74) is 3.23. The Kier molecular flexibility index (Phi) is 6.17. The monoisotopic (exact) mass is 479 g/mol. The Hall–Kier alpha value is -4.58. The quantitative estimate of drug-likeness (QED) is 0.206. The summed E-state index contributed by atoms with van der Waals surface area (Å²) < 4.78 is 18.6. The van der Waals surface area contributed by atoms with E-state index in [2.05, 4.69) is 0 Å². The molecule has 0 radical (unpaired) electrons. The lowest BCUT2D eigenvalue weighted by atomic mass is 10.1. The molecule has 0 saturated heterocycles. The Morgan fingerprint density at radius 3 is 2.22 bits per heavy atom. The average Bonchev–Trinajstić information content (AvgIpc) is 3.19. The standard InChI is InChI=1S/C30H25NO5/c1-4-35-30(33)28-19(2)31(22-12-6-5-7-13-22)26-15-14-23(18-24(26)28)36-29(32)25-16-20-10-8-9-11-21(20)17-27(25)34-3/h5-18H,4H2,1-3H3. The van der Waals surface area contributed by atoms with E-state index in [9.17, 15) is 9.59 Å². The second-order valence-electron chi connectivity index (χ2n) is 8.32. The molecule has 0 saturated carbocycles. The number of hydrogen-bond acceptors (Lipinski definition) is 5. The highest BCUT2D eigenvalue weighted by atomic mass is 16.5. The topological polar surface area (TPSA) is 66.8 Å². The van der Waals surface area contributed by atoms with Gasteiger partial charge in [0, 0.05) is 16.8 Å². The lowest BCUT2D eigenvalue weighted by molar-refractivity contribution is 0.0527. The van der Waals surface area contributed by atoms with Crippen LogP contribution in [0.4, 0.5) is 0 Å². The first-order valence-electron chi connectivity index (χ1n) is 11.7. The predicted octanol–water partition coefficient (Wildman–Crippen LogP) is 6.50. The van der Waals surface area contributed by atoms with Crippen LogP contribution in [-0.2, 0) is 4.74 Å². The summed E-state index contributed by atoms with van der Waals surface area (Å²) in [6.45, 7) is 3.91. The van der Waals surface area contributed by atoms with Crippen LogP contribution in [0.3, 0.4) is 0 Å². The van der Waals surface area contributed by atoms with Gasteiger partial charge in [-0.1, -0.05) is 42.5 Å². The van der Waals surface area contributed by atoms with Gasteiger partial charge in [-0.2, -0.15) is 0 Å². The van der Waals surface area contributed by atoms with Crippen LogP contribution in [0.5, 0.6) is 11.5 Å². The van der Waals surface area contributed by atoms with Crippen LogP contribution >= 0.6 is 0 Å². The normalized spacial score (nSPS) is 11.0. The predicted molar refractivity (Wildman–Crippen MR) is 139 cm³/mol. The Balaban J connectivity index is 1.59. The van der Waals surface area contributed by atoms with E-state index in [0.29, 0.717) is 28.0 Å². The van der Waals surface area contributed by atoms with Crippen molar-refractivity contribution in [2.24, 2.45) is 0 Å². The van der Waals surface area contributed by atoms with Crippen molar-refractivity contribution in [2.75, 3.05) is 13.7 Å². The molecule has 0 spiro atoms. The molecule has 0 bridgehead atoms. The molecule has 0 unspecified atom stereocenters. The third kappa shape index (κ3) is 4.07. The van der Waals surface area contributed by atoms with Gasteiger partial charge in [-0.3, -0.25) is 0 Å². The maximum absolute atomic E-state index is 13.2. The number of fused-ring (bicyclic) bond motifs is 2. The highest BCUT2D eigenvalue weighted by Crippen LogP contribution is 2.33. The largest absolute Gasteiger partial charge is 0.496 e. The summed E-state index contributed by atoms with van der Waals surface area (Å²) in [6.07, 6.45) is 0. The van der Waals surface area contributed by atoms with Crippen molar-refractivity contribution < 1.29 is 23.8 Å². The van der Waals surface area contributed by atoms with Gasteiger partial charge in [0.1, 0.15) is 17.1 Å². The minimum atomic E-state index is -0.547. The zero-order valence-corrected chi connectivity index (χ0v) is 20.3. The van der Waals surface area contributed by atoms with Crippen molar-refractivity contribution in [1.29, 1.82) is 0 Å². The molecule has 0 atom stereocenters. The van der Waals surface area contributed by atoms with E-state index < -0.39 is 11.9 Å². The molecule has 0 N–H and O–H groups in total. The molecule has 0 aliphatic rings. The number of para-hydroxylation sites is 1. The third-order valence-electron chi connectivity index (χ3n) is 6.17. The van der Waals surface area contributed by atoms with Crippen molar-refractivity contribution in [3.05, 3.63) is 102 Å². The second kappa shape index (κ2) is 9.58. The number of rotatable bonds is 6. The fourth-order valence-corrected chi connectivity index (χ4v) is 4.54. The Bertz CT molecular complexity index is 1600. The minimum Gasteiger partial charge on any atom is -0.496 e. The lowest BCUT2D eigenvalue weighted by Crippen LogP contribution is -2.10. The number of nitrogens with zero attached hydrogens (tertiary/aromatic N) is 1. The molecule has 1 aromatic heterocycles. The molecule has 4 aromatic carbocycles. The molecule has 0 fully saturated rings. The number of methoxy groups -OCH3 is 1. The summed E-state index contributed by atoms with van der Waals surface area (Å²) in [5.74, 6) is -0.222. The van der Waals surface area contributed by atoms with Crippen LogP contribution in [0, 0.1) is 6.92 Å². The number of benzene rings is 4. The number of aromatic nitrogens is 1. The van der Waals surface area contributed by atoms with Crippen molar-refractivity contribution >= 4 is 33.6 Å². The van der Waals surface area contributed by atoms with Gasteiger partial charge in [-0.05, 0) is 67.1 Å². The average molecular weight is 480 g/mol. The van der Waals surface area contributed by atoms with E-state index in [-0.39, 0.29) is 6.61 Å². The molecule has 6 nitrogen and oxygen atoms in total. The van der Waals surface area contributed by atoms with E-state index in [4.69, 9.17) is 14.2 Å². The molecule has 6 heteroatoms. The van der Waals surface area contributed by atoms with Gasteiger partial charge in [-0.25, -0.2) is 9.59 Å². The first kappa shape index (κ1) is 23.2. The maximum Gasteiger partial charge on any atom is 0.347 e. The fraction of sp³-hybridized carbons (Fsp3) is 0.133. The zero-order valence-electron chi connectivity index (χ0n) is 20.3. The molecule has 5 rings (SSSR count). The highest BCUT2D eigenvalue weighted by molar-refractivity contribution is 6.07. The molecular formula is C30H25NO5. The lowest BCUT2D eigenvalue weighted by Gasteiger charge is -2.11. The van der Waals surface area contributed by atoms with Crippen LogP contribution in [-0.4, -0.2) is 30.2 Å². The first-order valence-corrected chi connectivity index (χ1v) is 11.7. The Labute approximate surface area is 208 Å². The first-order chi connectivity index (χ1) is 17.5. The van der Waals surface area contributed by atoms with Crippen LogP contribution in [0.2, 0.25) is 0 Å². The second-order valence-corrected chi connectivity index (χ2v) is 8.32. The zero-order chi connectivity index (χ0) is 25.2.